The number of anilines is 2. The zero-order valence-electron chi connectivity index (χ0n) is 16.1. The number of carbonyl (C=O) groups is 2. The Balaban J connectivity index is 1.54. The van der Waals surface area contributed by atoms with Gasteiger partial charge in [0.15, 0.2) is 6.29 Å². The first-order valence-corrected chi connectivity index (χ1v) is 9.78. The minimum Gasteiger partial charge on any atom is -0.378 e. The Morgan fingerprint density at radius 2 is 1.89 bits per heavy atom. The summed E-state index contributed by atoms with van der Waals surface area (Å²) >= 11 is 0. The predicted octanol–water partition coefficient (Wildman–Crippen LogP) is 2.44. The molecule has 2 saturated heterocycles. The van der Waals surface area contributed by atoms with Crippen molar-refractivity contribution < 1.29 is 14.3 Å². The van der Waals surface area contributed by atoms with Crippen LogP contribution < -0.4 is 9.80 Å². The summed E-state index contributed by atoms with van der Waals surface area (Å²) in [5.74, 6) is 0.219. The van der Waals surface area contributed by atoms with E-state index < -0.39 is 0 Å². The number of allylic oxidation sites excluding steroid dienone is 1. The molecule has 0 unspecified atom stereocenters. The zero-order valence-corrected chi connectivity index (χ0v) is 16.1. The molecule has 0 N–H and O–H groups in total. The molecule has 0 aliphatic carbocycles. The second kappa shape index (κ2) is 9.55. The van der Waals surface area contributed by atoms with Gasteiger partial charge in [-0.2, -0.15) is 0 Å². The summed E-state index contributed by atoms with van der Waals surface area (Å²) in [6, 6.07) is 8.16. The molecule has 0 radical (unpaired) electrons. The average Bonchev–Trinajstić information content (AvgIpc) is 2.72. The summed E-state index contributed by atoms with van der Waals surface area (Å²) in [4.78, 5) is 29.5. The summed E-state index contributed by atoms with van der Waals surface area (Å²) in [5.41, 5.74) is 2.84. The molecule has 0 aromatic heterocycles. The van der Waals surface area contributed by atoms with Crippen molar-refractivity contribution >= 4 is 23.6 Å². The number of ether oxygens (including phenoxy) is 1. The van der Waals surface area contributed by atoms with Crippen LogP contribution in [0, 0.1) is 0 Å². The summed E-state index contributed by atoms with van der Waals surface area (Å²) in [7, 11) is 2.05. The quantitative estimate of drug-likeness (QED) is 0.544. The van der Waals surface area contributed by atoms with Crippen LogP contribution in [0.3, 0.4) is 0 Å². The number of rotatable bonds is 7. The number of aldehydes is 1. The molecule has 1 aromatic rings. The molecule has 0 saturated carbocycles. The molecule has 0 bridgehead atoms. The second-order valence-electron chi connectivity index (χ2n) is 7.08. The van der Waals surface area contributed by atoms with Crippen molar-refractivity contribution in [3.63, 3.8) is 0 Å². The molecule has 1 amide bonds. The van der Waals surface area contributed by atoms with Crippen LogP contribution in [0.2, 0.25) is 0 Å². The topological polar surface area (TPSA) is 53.1 Å². The van der Waals surface area contributed by atoms with Crippen molar-refractivity contribution in [2.45, 2.75) is 25.7 Å². The van der Waals surface area contributed by atoms with Gasteiger partial charge < -0.3 is 19.4 Å². The molecule has 0 spiro atoms. The number of amides is 1. The minimum absolute atomic E-state index is 0.219. The van der Waals surface area contributed by atoms with E-state index in [9.17, 15) is 9.59 Å². The highest BCUT2D eigenvalue weighted by Gasteiger charge is 2.19. The first-order chi connectivity index (χ1) is 13.2. The molecule has 3 rings (SSSR count). The van der Waals surface area contributed by atoms with E-state index in [4.69, 9.17) is 4.74 Å². The van der Waals surface area contributed by atoms with Crippen LogP contribution in [0.1, 0.15) is 25.7 Å². The number of morpholine rings is 1. The number of carbonyl (C=O) groups excluding carboxylic acids is 2. The van der Waals surface area contributed by atoms with Crippen LogP contribution in [0.5, 0.6) is 0 Å². The third-order valence-electron chi connectivity index (χ3n) is 5.24. The van der Waals surface area contributed by atoms with E-state index in [-0.39, 0.29) is 5.91 Å². The van der Waals surface area contributed by atoms with E-state index in [1.165, 1.54) is 0 Å². The van der Waals surface area contributed by atoms with E-state index in [1.54, 1.807) is 0 Å². The summed E-state index contributed by atoms with van der Waals surface area (Å²) in [5, 5.41) is 0. The fourth-order valence-corrected chi connectivity index (χ4v) is 3.57. The van der Waals surface area contributed by atoms with Crippen molar-refractivity contribution in [1.29, 1.82) is 0 Å². The van der Waals surface area contributed by atoms with Crippen molar-refractivity contribution in [1.82, 2.24) is 4.90 Å². The maximum atomic E-state index is 12.0. The van der Waals surface area contributed by atoms with E-state index in [0.717, 1.165) is 68.8 Å². The van der Waals surface area contributed by atoms with Crippen LogP contribution >= 0.6 is 0 Å². The Labute approximate surface area is 161 Å². The summed E-state index contributed by atoms with van der Waals surface area (Å²) < 4.78 is 5.34. The molecule has 2 aliphatic rings. The fraction of sp³-hybridized carbons (Fsp3) is 0.524. The van der Waals surface area contributed by atoms with Crippen LogP contribution in [0.25, 0.3) is 0 Å². The number of hydrogen-bond acceptors (Lipinski definition) is 5. The number of hydrogen-bond donors (Lipinski definition) is 0. The zero-order chi connectivity index (χ0) is 19.1. The van der Waals surface area contributed by atoms with E-state index in [0.29, 0.717) is 19.6 Å². The third kappa shape index (κ3) is 5.10. The van der Waals surface area contributed by atoms with Crippen molar-refractivity contribution in [3.05, 3.63) is 36.0 Å². The van der Waals surface area contributed by atoms with Gasteiger partial charge in [-0.25, -0.2) is 0 Å². The molecule has 6 nitrogen and oxygen atoms in total. The molecule has 1 aromatic carbocycles. The van der Waals surface area contributed by atoms with Gasteiger partial charge in [-0.05, 0) is 43.5 Å². The standard InChI is InChI=1S/C21H29N3O3/c1-22(11-4-5-20(17-25)23-13-15-27-16-14-23)18-7-9-19(10-8-18)24-12-3-2-6-21(24)26/h5,7-10,17H,2-4,6,11-16H2,1H3/b20-5+. The van der Waals surface area contributed by atoms with Crippen LogP contribution in [0.15, 0.2) is 36.0 Å². The Hall–Kier alpha value is -2.34. The van der Waals surface area contributed by atoms with E-state index in [2.05, 4.69) is 21.9 Å². The van der Waals surface area contributed by atoms with Crippen molar-refractivity contribution in [3.8, 4) is 0 Å². The van der Waals surface area contributed by atoms with Crippen molar-refractivity contribution in [2.24, 2.45) is 0 Å². The molecular weight excluding hydrogens is 342 g/mol. The van der Waals surface area contributed by atoms with Gasteiger partial charge in [0.05, 0.1) is 18.9 Å². The number of piperidine rings is 1. The Bertz CT molecular complexity index is 666. The minimum atomic E-state index is 0.219. The first-order valence-electron chi connectivity index (χ1n) is 9.78. The molecule has 0 atom stereocenters. The van der Waals surface area contributed by atoms with Gasteiger partial charge in [0.2, 0.25) is 5.91 Å². The van der Waals surface area contributed by atoms with Gasteiger partial charge in [-0.15, -0.1) is 0 Å². The smallest absolute Gasteiger partial charge is 0.226 e. The molecule has 146 valence electrons. The highest BCUT2D eigenvalue weighted by Crippen LogP contribution is 2.24. The lowest BCUT2D eigenvalue weighted by atomic mass is 10.1. The largest absolute Gasteiger partial charge is 0.378 e. The average molecular weight is 371 g/mol. The summed E-state index contributed by atoms with van der Waals surface area (Å²) in [6.07, 6.45) is 6.47. The van der Waals surface area contributed by atoms with E-state index >= 15 is 0 Å². The molecule has 2 fully saturated rings. The third-order valence-corrected chi connectivity index (χ3v) is 5.24. The van der Waals surface area contributed by atoms with Crippen LogP contribution in [-0.4, -0.2) is 63.5 Å². The lowest BCUT2D eigenvalue weighted by Gasteiger charge is -2.29. The van der Waals surface area contributed by atoms with E-state index in [1.807, 2.05) is 30.2 Å². The molecule has 2 aliphatic heterocycles. The Kier molecular flexibility index (Phi) is 6.87. The molecule has 2 heterocycles. The second-order valence-corrected chi connectivity index (χ2v) is 7.08. The van der Waals surface area contributed by atoms with Crippen LogP contribution in [-0.2, 0) is 14.3 Å². The van der Waals surface area contributed by atoms with Gasteiger partial charge in [-0.1, -0.05) is 6.08 Å². The lowest BCUT2D eigenvalue weighted by molar-refractivity contribution is -0.119. The Morgan fingerprint density at radius 3 is 2.56 bits per heavy atom. The normalized spacial score (nSPS) is 18.6. The molecular formula is C21H29N3O3. The molecule has 27 heavy (non-hydrogen) atoms. The Morgan fingerprint density at radius 1 is 1.15 bits per heavy atom. The highest BCUT2D eigenvalue weighted by molar-refractivity contribution is 5.94. The van der Waals surface area contributed by atoms with Gasteiger partial charge in [0.1, 0.15) is 0 Å². The predicted molar refractivity (Wildman–Crippen MR) is 107 cm³/mol. The van der Waals surface area contributed by atoms with Crippen LogP contribution in [0.4, 0.5) is 11.4 Å². The maximum absolute atomic E-state index is 12.0. The summed E-state index contributed by atoms with van der Waals surface area (Å²) in [6.45, 7) is 4.54. The number of nitrogens with zero attached hydrogens (tertiary/aromatic N) is 3. The number of benzene rings is 1. The van der Waals surface area contributed by atoms with Gasteiger partial charge >= 0.3 is 0 Å². The maximum Gasteiger partial charge on any atom is 0.226 e. The van der Waals surface area contributed by atoms with Gasteiger partial charge in [0.25, 0.3) is 0 Å². The van der Waals surface area contributed by atoms with Crippen molar-refractivity contribution in [2.75, 3.05) is 56.2 Å². The van der Waals surface area contributed by atoms with Gasteiger partial charge in [0, 0.05) is 51.0 Å². The monoisotopic (exact) mass is 371 g/mol. The highest BCUT2D eigenvalue weighted by atomic mass is 16.5. The SMILES string of the molecule is CN(CC/C=C(\C=O)N1CCOCC1)c1ccc(N2CCCCC2=O)cc1. The van der Waals surface area contributed by atoms with Gasteiger partial charge in [-0.3, -0.25) is 9.59 Å². The molecule has 6 heteroatoms. The fourth-order valence-electron chi connectivity index (χ4n) is 3.57. The lowest BCUT2D eigenvalue weighted by Crippen LogP contribution is -2.36. The first kappa shape index (κ1) is 19.4.